The van der Waals surface area contributed by atoms with E-state index in [0.29, 0.717) is 18.8 Å². The molecule has 0 aliphatic heterocycles. The van der Waals surface area contributed by atoms with Gasteiger partial charge in [0.05, 0.1) is 4.90 Å². The Kier molecular flexibility index (Phi) is 6.75. The van der Waals surface area contributed by atoms with E-state index in [4.69, 9.17) is 0 Å². The third-order valence-electron chi connectivity index (χ3n) is 4.44. The normalized spacial score (nSPS) is 11.6. The fraction of sp³-hybridized carbons (Fsp3) is 0.263. The molecule has 0 aliphatic rings. The summed E-state index contributed by atoms with van der Waals surface area (Å²) < 4.78 is 31.5. The van der Waals surface area contributed by atoms with Gasteiger partial charge in [-0.25, -0.2) is 8.42 Å². The number of hydrogen-bond donors (Lipinski definition) is 1. The van der Waals surface area contributed by atoms with E-state index in [2.05, 4.69) is 14.9 Å². The van der Waals surface area contributed by atoms with Crippen LogP contribution in [0.5, 0.6) is 0 Å². The number of amides is 1. The molecule has 0 unspecified atom stereocenters. The summed E-state index contributed by atoms with van der Waals surface area (Å²) >= 11 is 1.25. The molecule has 1 amide bonds. The zero-order valence-corrected chi connectivity index (χ0v) is 18.1. The number of carbonyl (C=O) groups is 1. The number of benzene rings is 1. The highest BCUT2D eigenvalue weighted by atomic mass is 32.2. The second-order valence-corrected chi connectivity index (χ2v) is 8.88. The van der Waals surface area contributed by atoms with Gasteiger partial charge in [0.15, 0.2) is 0 Å². The number of nitrogens with one attached hydrogen (secondary N) is 1. The molecule has 0 atom stereocenters. The number of carbonyl (C=O) groups excluding carboxylic acids is 1. The molecule has 0 saturated heterocycles. The molecule has 2 aromatic heterocycles. The van der Waals surface area contributed by atoms with Crippen LogP contribution in [0.15, 0.2) is 57.7 Å². The lowest BCUT2D eigenvalue weighted by Gasteiger charge is -2.19. The summed E-state index contributed by atoms with van der Waals surface area (Å²) in [7, 11) is -3.73. The van der Waals surface area contributed by atoms with E-state index in [1.807, 2.05) is 5.38 Å². The van der Waals surface area contributed by atoms with Crippen molar-refractivity contribution in [1.29, 1.82) is 0 Å². The molecule has 0 radical (unpaired) electrons. The van der Waals surface area contributed by atoms with Crippen LogP contribution in [0.4, 0.5) is 5.69 Å². The maximum Gasteiger partial charge on any atom is 0.251 e. The molecule has 0 aliphatic carbocycles. The molecule has 3 rings (SSSR count). The molecule has 1 N–H and O–H groups in total. The summed E-state index contributed by atoms with van der Waals surface area (Å²) in [5.41, 5.74) is 1.70. The van der Waals surface area contributed by atoms with E-state index >= 15 is 0 Å². The third-order valence-corrected chi connectivity index (χ3v) is 6.98. The van der Waals surface area contributed by atoms with Crippen molar-refractivity contribution in [2.24, 2.45) is 0 Å². The summed E-state index contributed by atoms with van der Waals surface area (Å²) in [6.45, 7) is 3.79. The predicted molar refractivity (Wildman–Crippen MR) is 115 cm³/mol. The van der Waals surface area contributed by atoms with Crippen LogP contribution in [0, 0.1) is 0 Å². The van der Waals surface area contributed by atoms with Crippen LogP contribution < -0.4 is 10.9 Å². The molecule has 30 heavy (non-hydrogen) atoms. The van der Waals surface area contributed by atoms with Gasteiger partial charge in [-0.2, -0.15) is 4.31 Å². The molecule has 0 saturated carbocycles. The van der Waals surface area contributed by atoms with Crippen LogP contribution >= 0.6 is 11.5 Å². The van der Waals surface area contributed by atoms with Crippen molar-refractivity contribution >= 4 is 33.2 Å². The number of nitrogens with zero attached hydrogens (tertiary/aromatic N) is 4. The minimum Gasteiger partial charge on any atom is -0.325 e. The third kappa shape index (κ3) is 4.81. The van der Waals surface area contributed by atoms with E-state index < -0.39 is 21.5 Å². The van der Waals surface area contributed by atoms with Crippen LogP contribution in [0.1, 0.15) is 13.8 Å². The Morgan fingerprint density at radius 1 is 1.13 bits per heavy atom. The zero-order chi connectivity index (χ0) is 21.7. The lowest BCUT2D eigenvalue weighted by Crippen LogP contribution is -2.33. The molecule has 0 bridgehead atoms. The SMILES string of the molecule is CCN(CC)S(=O)(=O)c1ccc(=O)n(CC(=O)Nc2ccc(-c3csnn3)cc2)c1. The first-order valence-electron chi connectivity index (χ1n) is 9.23. The molecule has 3 aromatic rings. The Morgan fingerprint density at radius 3 is 2.43 bits per heavy atom. The van der Waals surface area contributed by atoms with Gasteiger partial charge in [-0.3, -0.25) is 9.59 Å². The van der Waals surface area contributed by atoms with Crippen LogP contribution in [0.2, 0.25) is 0 Å². The van der Waals surface area contributed by atoms with Crippen molar-refractivity contribution in [2.45, 2.75) is 25.3 Å². The zero-order valence-electron chi connectivity index (χ0n) is 16.5. The van der Waals surface area contributed by atoms with Crippen LogP contribution in [0.25, 0.3) is 11.3 Å². The second-order valence-electron chi connectivity index (χ2n) is 6.34. The van der Waals surface area contributed by atoms with Gasteiger partial charge in [0.1, 0.15) is 12.2 Å². The van der Waals surface area contributed by atoms with Gasteiger partial charge in [0.25, 0.3) is 5.56 Å². The summed E-state index contributed by atoms with van der Waals surface area (Å²) in [4.78, 5) is 24.5. The number of sulfonamides is 1. The van der Waals surface area contributed by atoms with Crippen molar-refractivity contribution in [1.82, 2.24) is 18.5 Å². The van der Waals surface area contributed by atoms with E-state index in [-0.39, 0.29) is 11.4 Å². The standard InChI is InChI=1S/C19H21N5O4S2/c1-3-24(4-2)30(27,28)16-9-10-19(26)23(11-16)12-18(25)20-15-7-5-14(6-8-15)17-13-29-22-21-17/h5-11,13H,3-4,12H2,1-2H3,(H,20,25). The Morgan fingerprint density at radius 2 is 1.83 bits per heavy atom. The first-order valence-corrected chi connectivity index (χ1v) is 11.5. The van der Waals surface area contributed by atoms with Gasteiger partial charge >= 0.3 is 0 Å². The fourth-order valence-corrected chi connectivity index (χ4v) is 4.81. The van der Waals surface area contributed by atoms with Crippen LogP contribution in [0.3, 0.4) is 0 Å². The van der Waals surface area contributed by atoms with Crippen LogP contribution in [-0.2, 0) is 21.4 Å². The van der Waals surface area contributed by atoms with Gasteiger partial charge in [0, 0.05) is 42.0 Å². The smallest absolute Gasteiger partial charge is 0.251 e. The average Bonchev–Trinajstić information content (AvgIpc) is 3.25. The first kappa shape index (κ1) is 21.8. The number of aromatic nitrogens is 3. The van der Waals surface area contributed by atoms with Crippen molar-refractivity contribution in [3.63, 3.8) is 0 Å². The Balaban J connectivity index is 1.74. The monoisotopic (exact) mass is 447 g/mol. The highest BCUT2D eigenvalue weighted by Gasteiger charge is 2.22. The lowest BCUT2D eigenvalue weighted by atomic mass is 10.1. The second kappa shape index (κ2) is 9.28. The van der Waals surface area contributed by atoms with Gasteiger partial charge < -0.3 is 9.88 Å². The summed E-state index contributed by atoms with van der Waals surface area (Å²) in [6.07, 6.45) is 1.20. The average molecular weight is 448 g/mol. The number of pyridine rings is 1. The largest absolute Gasteiger partial charge is 0.325 e. The molecular formula is C19H21N5O4S2. The number of rotatable bonds is 8. The fourth-order valence-electron chi connectivity index (χ4n) is 2.87. The highest BCUT2D eigenvalue weighted by Crippen LogP contribution is 2.20. The van der Waals surface area contributed by atoms with E-state index in [0.717, 1.165) is 21.9 Å². The van der Waals surface area contributed by atoms with Gasteiger partial charge in [-0.05, 0) is 29.7 Å². The molecular weight excluding hydrogens is 426 g/mol. The quantitative estimate of drug-likeness (QED) is 0.565. The van der Waals surface area contributed by atoms with Gasteiger partial charge in [-0.1, -0.05) is 30.5 Å². The highest BCUT2D eigenvalue weighted by molar-refractivity contribution is 7.89. The predicted octanol–water partition coefficient (Wildman–Crippen LogP) is 2.04. The van der Waals surface area contributed by atoms with Crippen molar-refractivity contribution in [2.75, 3.05) is 18.4 Å². The molecule has 0 fully saturated rings. The van der Waals surface area contributed by atoms with E-state index in [9.17, 15) is 18.0 Å². The Labute approximate surface area is 178 Å². The summed E-state index contributed by atoms with van der Waals surface area (Å²) in [5, 5.41) is 8.51. The maximum atomic E-state index is 12.7. The Hall–Kier alpha value is -2.89. The van der Waals surface area contributed by atoms with Gasteiger partial charge in [-0.15, -0.1) is 5.10 Å². The molecule has 11 heteroatoms. The Bertz CT molecular complexity index is 1170. The topological polar surface area (TPSA) is 114 Å². The lowest BCUT2D eigenvalue weighted by molar-refractivity contribution is -0.116. The maximum absolute atomic E-state index is 12.7. The molecule has 0 spiro atoms. The summed E-state index contributed by atoms with van der Waals surface area (Å²) in [5.74, 6) is -0.447. The molecule has 9 nitrogen and oxygen atoms in total. The van der Waals surface area contributed by atoms with E-state index in [1.165, 1.54) is 28.1 Å². The summed E-state index contributed by atoms with van der Waals surface area (Å²) in [6, 6.07) is 9.45. The number of anilines is 1. The van der Waals surface area contributed by atoms with Crippen molar-refractivity contribution in [3.8, 4) is 11.3 Å². The van der Waals surface area contributed by atoms with Gasteiger partial charge in [0.2, 0.25) is 15.9 Å². The van der Waals surface area contributed by atoms with Crippen molar-refractivity contribution < 1.29 is 13.2 Å². The minimum absolute atomic E-state index is 0.0279. The number of hydrogen-bond acceptors (Lipinski definition) is 7. The molecule has 1 aromatic carbocycles. The first-order chi connectivity index (χ1) is 14.3. The minimum atomic E-state index is -3.73. The molecule has 2 heterocycles. The molecule has 158 valence electrons. The van der Waals surface area contributed by atoms with E-state index in [1.54, 1.807) is 38.1 Å². The van der Waals surface area contributed by atoms with Crippen molar-refractivity contribution in [3.05, 3.63) is 58.3 Å². The van der Waals surface area contributed by atoms with Crippen LogP contribution in [-0.4, -0.2) is 45.9 Å².